The smallest absolute Gasteiger partial charge is 0.0712 e. The molecule has 0 aliphatic heterocycles. The van der Waals surface area contributed by atoms with Crippen LogP contribution in [0.3, 0.4) is 0 Å². The topological polar surface area (TPSA) is 24.4 Å². The zero-order valence-corrected chi connectivity index (χ0v) is 30.5. The minimum atomic E-state index is -0.279. The van der Waals surface area contributed by atoms with E-state index in [0.29, 0.717) is 6.54 Å². The van der Waals surface area contributed by atoms with Gasteiger partial charge in [0.15, 0.2) is 0 Å². The van der Waals surface area contributed by atoms with Gasteiger partial charge in [-0.25, -0.2) is 0 Å². The number of hydrogen-bond donors (Lipinski definition) is 1. The van der Waals surface area contributed by atoms with Gasteiger partial charge in [0.2, 0.25) is 0 Å². The molecular formula is C51H42N2. The largest absolute Gasteiger partial charge is 0.387 e. The van der Waals surface area contributed by atoms with E-state index in [9.17, 15) is 0 Å². The summed E-state index contributed by atoms with van der Waals surface area (Å²) < 4.78 is 0. The highest BCUT2D eigenvalue weighted by molar-refractivity contribution is 6.19. The number of rotatable bonds is 7. The highest BCUT2D eigenvalue weighted by Gasteiger charge is 2.40. The molecule has 0 saturated carbocycles. The SMILES string of the molecule is CNC1=C(C(=NCc2ccccc2)c2ccccc2)C(C)(C)c2ccc(C3=c4ccccc4=C(c4ccc5ccccc5c4)Cc4ccccc43)cc21. The van der Waals surface area contributed by atoms with Crippen molar-refractivity contribution in [3.8, 4) is 0 Å². The van der Waals surface area contributed by atoms with E-state index in [1.807, 2.05) is 0 Å². The predicted molar refractivity (Wildman–Crippen MR) is 222 cm³/mol. The van der Waals surface area contributed by atoms with Crippen molar-refractivity contribution in [2.45, 2.75) is 32.2 Å². The molecule has 0 atom stereocenters. The van der Waals surface area contributed by atoms with Gasteiger partial charge in [-0.3, -0.25) is 4.99 Å². The molecule has 0 aromatic heterocycles. The maximum atomic E-state index is 5.37. The fraction of sp³-hybridized carbons (Fsp3) is 0.118. The van der Waals surface area contributed by atoms with E-state index < -0.39 is 0 Å². The Morgan fingerprint density at radius 1 is 0.604 bits per heavy atom. The lowest BCUT2D eigenvalue weighted by molar-refractivity contribution is 0.660. The van der Waals surface area contributed by atoms with Gasteiger partial charge in [-0.05, 0) is 84.3 Å². The standard InChI is InChI=1S/C51H42N2/c1-51(2)46-29-28-40(32-45(46)50(52-3)48(51)49(36-19-8-5-9-20-36)53-33-34-16-6-4-7-17-34)47-41-23-13-12-22-38(41)31-44(42-24-14-15-25-43(42)47)39-27-26-35-18-10-11-21-37(35)30-39/h4-30,32,52H,31,33H2,1-3H3. The van der Waals surface area contributed by atoms with Crippen molar-refractivity contribution in [3.05, 3.63) is 230 Å². The Balaban J connectivity index is 1.28. The summed E-state index contributed by atoms with van der Waals surface area (Å²) in [6.07, 6.45) is 0.858. The summed E-state index contributed by atoms with van der Waals surface area (Å²) in [6.45, 7) is 5.31. The Labute approximate surface area is 312 Å². The molecule has 0 spiro atoms. The van der Waals surface area contributed by atoms with Crippen molar-refractivity contribution in [2.75, 3.05) is 7.05 Å². The molecule has 0 heterocycles. The van der Waals surface area contributed by atoms with Crippen LogP contribution in [0, 0.1) is 0 Å². The summed E-state index contributed by atoms with van der Waals surface area (Å²) >= 11 is 0. The fourth-order valence-corrected chi connectivity index (χ4v) is 8.63. The van der Waals surface area contributed by atoms with E-state index >= 15 is 0 Å². The highest BCUT2D eigenvalue weighted by atomic mass is 14.9. The van der Waals surface area contributed by atoms with Gasteiger partial charge in [0, 0.05) is 34.9 Å². The van der Waals surface area contributed by atoms with Crippen LogP contribution in [0.4, 0.5) is 0 Å². The second-order valence-corrected chi connectivity index (χ2v) is 14.7. The second kappa shape index (κ2) is 13.4. The van der Waals surface area contributed by atoms with Gasteiger partial charge in [-0.15, -0.1) is 0 Å². The number of allylic oxidation sites excluding steroid dienone is 1. The van der Waals surface area contributed by atoms with Gasteiger partial charge >= 0.3 is 0 Å². The zero-order chi connectivity index (χ0) is 35.9. The van der Waals surface area contributed by atoms with Crippen LogP contribution in [0.25, 0.3) is 27.6 Å². The van der Waals surface area contributed by atoms with Crippen LogP contribution in [0.15, 0.2) is 180 Å². The normalized spacial score (nSPS) is 14.8. The summed E-state index contributed by atoms with van der Waals surface area (Å²) in [5.74, 6) is 0. The maximum Gasteiger partial charge on any atom is 0.0712 e. The summed E-state index contributed by atoms with van der Waals surface area (Å²) in [5, 5.41) is 8.77. The van der Waals surface area contributed by atoms with E-state index in [4.69, 9.17) is 4.99 Å². The van der Waals surface area contributed by atoms with Crippen LogP contribution in [0.2, 0.25) is 0 Å². The first-order valence-electron chi connectivity index (χ1n) is 18.6. The first-order valence-corrected chi connectivity index (χ1v) is 18.6. The van der Waals surface area contributed by atoms with Crippen molar-refractivity contribution in [2.24, 2.45) is 4.99 Å². The summed E-state index contributed by atoms with van der Waals surface area (Å²) in [4.78, 5) is 5.37. The molecule has 256 valence electrons. The number of benzene rings is 7. The van der Waals surface area contributed by atoms with Crippen LogP contribution in [0.1, 0.15) is 58.4 Å². The number of aliphatic imine (C=N–C) groups is 1. The third-order valence-electron chi connectivity index (χ3n) is 11.2. The Hall–Kier alpha value is -6.25. The number of fused-ring (bicyclic) bond motifs is 4. The lowest BCUT2D eigenvalue weighted by atomic mass is 9.77. The Morgan fingerprint density at radius 3 is 2.06 bits per heavy atom. The van der Waals surface area contributed by atoms with Crippen LogP contribution in [-0.4, -0.2) is 12.8 Å². The molecule has 2 nitrogen and oxygen atoms in total. The molecule has 0 radical (unpaired) electrons. The van der Waals surface area contributed by atoms with Gasteiger partial charge in [-0.1, -0.05) is 172 Å². The van der Waals surface area contributed by atoms with Gasteiger partial charge in [0.25, 0.3) is 0 Å². The molecule has 0 fully saturated rings. The molecule has 7 aromatic rings. The molecule has 2 heteroatoms. The lowest BCUT2D eigenvalue weighted by Crippen LogP contribution is -2.29. The zero-order valence-electron chi connectivity index (χ0n) is 30.5. The lowest BCUT2D eigenvalue weighted by Gasteiger charge is -2.26. The van der Waals surface area contributed by atoms with Crippen LogP contribution >= 0.6 is 0 Å². The van der Waals surface area contributed by atoms with E-state index in [-0.39, 0.29) is 5.41 Å². The number of hydrogen-bond acceptors (Lipinski definition) is 2. The molecule has 2 aliphatic rings. The highest BCUT2D eigenvalue weighted by Crippen LogP contribution is 2.47. The first kappa shape index (κ1) is 32.6. The molecule has 0 unspecified atom stereocenters. The summed E-state index contributed by atoms with van der Waals surface area (Å²) in [5.41, 5.74) is 15.8. The quantitative estimate of drug-likeness (QED) is 0.166. The van der Waals surface area contributed by atoms with E-state index in [1.165, 1.54) is 76.9 Å². The summed E-state index contributed by atoms with van der Waals surface area (Å²) in [6, 6.07) is 62.0. The van der Waals surface area contributed by atoms with Crippen LogP contribution in [0.5, 0.6) is 0 Å². The molecule has 0 amide bonds. The molecule has 9 rings (SSSR count). The van der Waals surface area contributed by atoms with Crippen molar-refractivity contribution >= 4 is 33.3 Å². The number of nitrogens with zero attached hydrogens (tertiary/aromatic N) is 1. The second-order valence-electron chi connectivity index (χ2n) is 14.7. The van der Waals surface area contributed by atoms with Gasteiger partial charge < -0.3 is 5.32 Å². The van der Waals surface area contributed by atoms with Crippen molar-refractivity contribution in [1.29, 1.82) is 0 Å². The minimum Gasteiger partial charge on any atom is -0.387 e. The van der Waals surface area contributed by atoms with Crippen LogP contribution in [-0.2, 0) is 18.4 Å². The number of nitrogens with one attached hydrogen (secondary N) is 1. The van der Waals surface area contributed by atoms with E-state index in [2.05, 4.69) is 196 Å². The Bertz CT molecular complexity index is 2710. The molecular weight excluding hydrogens is 641 g/mol. The van der Waals surface area contributed by atoms with Crippen LogP contribution < -0.4 is 15.8 Å². The molecule has 2 aliphatic carbocycles. The molecule has 7 aromatic carbocycles. The Morgan fingerprint density at radius 2 is 1.26 bits per heavy atom. The van der Waals surface area contributed by atoms with Crippen molar-refractivity contribution < 1.29 is 0 Å². The minimum absolute atomic E-state index is 0.279. The van der Waals surface area contributed by atoms with E-state index in [1.54, 1.807) is 0 Å². The molecule has 0 bridgehead atoms. The maximum absolute atomic E-state index is 5.37. The fourth-order valence-electron chi connectivity index (χ4n) is 8.63. The summed E-state index contributed by atoms with van der Waals surface area (Å²) in [7, 11) is 2.06. The average molecular weight is 683 g/mol. The average Bonchev–Trinajstić information content (AvgIpc) is 3.32. The predicted octanol–water partition coefficient (Wildman–Crippen LogP) is 9.75. The monoisotopic (exact) mass is 682 g/mol. The Kier molecular flexibility index (Phi) is 8.24. The molecule has 1 N–H and O–H groups in total. The van der Waals surface area contributed by atoms with Gasteiger partial charge in [0.05, 0.1) is 12.3 Å². The molecule has 0 saturated heterocycles. The third-order valence-corrected chi connectivity index (χ3v) is 11.2. The van der Waals surface area contributed by atoms with Gasteiger partial charge in [-0.2, -0.15) is 0 Å². The van der Waals surface area contributed by atoms with Crippen molar-refractivity contribution in [1.82, 2.24) is 5.32 Å². The van der Waals surface area contributed by atoms with Gasteiger partial charge in [0.1, 0.15) is 0 Å². The molecule has 53 heavy (non-hydrogen) atoms. The van der Waals surface area contributed by atoms with E-state index in [0.717, 1.165) is 23.4 Å². The first-order chi connectivity index (χ1) is 26.0. The third kappa shape index (κ3) is 5.72. The van der Waals surface area contributed by atoms with Crippen molar-refractivity contribution in [3.63, 3.8) is 0 Å².